The Labute approximate surface area is 131 Å². The normalized spacial score (nSPS) is 26.2. The molecule has 0 aromatic heterocycles. The minimum Gasteiger partial charge on any atom is -0.448 e. The molecular weight excluding hydrogens is 280 g/mol. The number of rotatable bonds is 5. The highest BCUT2D eigenvalue weighted by Gasteiger charge is 2.27. The maximum absolute atomic E-state index is 11.4. The summed E-state index contributed by atoms with van der Waals surface area (Å²) in [5, 5.41) is 0. The highest BCUT2D eigenvalue weighted by molar-refractivity contribution is 5.69. The first kappa shape index (κ1) is 15.3. The molecule has 2 atom stereocenters. The zero-order chi connectivity index (χ0) is 15.4. The van der Waals surface area contributed by atoms with E-state index in [1.165, 1.54) is 5.56 Å². The van der Waals surface area contributed by atoms with Crippen molar-refractivity contribution in [2.24, 2.45) is 0 Å². The lowest BCUT2D eigenvalue weighted by molar-refractivity contribution is -0.0792. The zero-order valence-corrected chi connectivity index (χ0v) is 13.1. The predicted octanol–water partition coefficient (Wildman–Crippen LogP) is 2.29. The number of nitrogens with zero attached hydrogens (tertiary/aromatic N) is 2. The highest BCUT2D eigenvalue weighted by Crippen LogP contribution is 2.25. The Balaban J connectivity index is 1.49. The van der Waals surface area contributed by atoms with Gasteiger partial charge in [0.1, 0.15) is 6.61 Å². The van der Waals surface area contributed by atoms with Crippen LogP contribution in [0.25, 0.3) is 0 Å². The first-order chi connectivity index (χ1) is 10.7. The third-order valence-electron chi connectivity index (χ3n) is 4.25. The number of amides is 1. The van der Waals surface area contributed by atoms with Crippen LogP contribution in [0.5, 0.6) is 0 Å². The fraction of sp³-hybridized carbons (Fsp3) is 0.588. The van der Waals surface area contributed by atoms with Crippen molar-refractivity contribution in [3.05, 3.63) is 35.9 Å². The topological polar surface area (TPSA) is 42.0 Å². The minimum atomic E-state index is -0.169. The van der Waals surface area contributed by atoms with E-state index >= 15 is 0 Å². The average molecular weight is 304 g/mol. The predicted molar refractivity (Wildman–Crippen MR) is 83.7 cm³/mol. The van der Waals surface area contributed by atoms with Gasteiger partial charge in [0, 0.05) is 26.2 Å². The lowest BCUT2D eigenvalue weighted by Gasteiger charge is -2.37. The molecular formula is C17H24N2O3. The van der Waals surface area contributed by atoms with Crippen LogP contribution < -0.4 is 0 Å². The van der Waals surface area contributed by atoms with Crippen LogP contribution in [0.3, 0.4) is 0 Å². The van der Waals surface area contributed by atoms with E-state index in [0.29, 0.717) is 6.61 Å². The van der Waals surface area contributed by atoms with Crippen LogP contribution in [0, 0.1) is 0 Å². The third-order valence-corrected chi connectivity index (χ3v) is 4.25. The van der Waals surface area contributed by atoms with Crippen molar-refractivity contribution < 1.29 is 14.3 Å². The summed E-state index contributed by atoms with van der Waals surface area (Å²) in [6, 6.07) is 10.4. The third kappa shape index (κ3) is 3.78. The van der Waals surface area contributed by atoms with Crippen molar-refractivity contribution in [3.8, 4) is 0 Å². The number of cyclic esters (lactones) is 1. The van der Waals surface area contributed by atoms with E-state index in [2.05, 4.69) is 36.1 Å². The van der Waals surface area contributed by atoms with Gasteiger partial charge in [-0.25, -0.2) is 4.79 Å². The second-order valence-electron chi connectivity index (χ2n) is 6.06. The van der Waals surface area contributed by atoms with Crippen LogP contribution in [-0.4, -0.2) is 61.3 Å². The number of carbonyl (C=O) groups excluding carboxylic acids is 1. The Morgan fingerprint density at radius 1 is 1.18 bits per heavy atom. The fourth-order valence-corrected chi connectivity index (χ4v) is 3.19. The van der Waals surface area contributed by atoms with Crippen LogP contribution in [0.15, 0.2) is 30.3 Å². The molecule has 2 saturated heterocycles. The SMILES string of the molecule is C[C@H]1CN(CCCN2CCOC2=O)C[C@H](c2ccccc2)O1. The van der Waals surface area contributed by atoms with Crippen molar-refractivity contribution >= 4 is 6.09 Å². The Morgan fingerprint density at radius 2 is 2.00 bits per heavy atom. The van der Waals surface area contributed by atoms with Crippen molar-refractivity contribution in [1.82, 2.24) is 9.80 Å². The second kappa shape index (κ2) is 7.11. The molecule has 22 heavy (non-hydrogen) atoms. The Kier molecular flexibility index (Phi) is 4.95. The van der Waals surface area contributed by atoms with Crippen molar-refractivity contribution in [2.45, 2.75) is 25.6 Å². The maximum atomic E-state index is 11.4. The molecule has 0 unspecified atom stereocenters. The summed E-state index contributed by atoms with van der Waals surface area (Å²) in [6.45, 7) is 7.02. The first-order valence-corrected chi connectivity index (χ1v) is 8.07. The van der Waals surface area contributed by atoms with E-state index in [4.69, 9.17) is 9.47 Å². The molecule has 1 aromatic carbocycles. The van der Waals surface area contributed by atoms with E-state index in [9.17, 15) is 4.79 Å². The largest absolute Gasteiger partial charge is 0.448 e. The van der Waals surface area contributed by atoms with Crippen LogP contribution in [0.2, 0.25) is 0 Å². The van der Waals surface area contributed by atoms with Crippen molar-refractivity contribution in [1.29, 1.82) is 0 Å². The van der Waals surface area contributed by atoms with Gasteiger partial charge in [0.05, 0.1) is 18.8 Å². The molecule has 3 rings (SSSR count). The molecule has 0 aliphatic carbocycles. The zero-order valence-electron chi connectivity index (χ0n) is 13.1. The summed E-state index contributed by atoms with van der Waals surface area (Å²) < 4.78 is 11.0. The van der Waals surface area contributed by atoms with E-state index in [0.717, 1.165) is 39.1 Å². The number of hydrogen-bond acceptors (Lipinski definition) is 4. The molecule has 0 N–H and O–H groups in total. The Morgan fingerprint density at radius 3 is 2.73 bits per heavy atom. The van der Waals surface area contributed by atoms with Crippen molar-refractivity contribution in [3.63, 3.8) is 0 Å². The van der Waals surface area contributed by atoms with Gasteiger partial charge in [-0.15, -0.1) is 0 Å². The van der Waals surface area contributed by atoms with Crippen LogP contribution in [0.1, 0.15) is 25.0 Å². The summed E-state index contributed by atoms with van der Waals surface area (Å²) in [6.07, 6.45) is 1.18. The molecule has 0 bridgehead atoms. The van der Waals surface area contributed by atoms with E-state index < -0.39 is 0 Å². The summed E-state index contributed by atoms with van der Waals surface area (Å²) in [5.74, 6) is 0. The monoisotopic (exact) mass is 304 g/mol. The summed E-state index contributed by atoms with van der Waals surface area (Å²) >= 11 is 0. The van der Waals surface area contributed by atoms with Gasteiger partial charge in [0.2, 0.25) is 0 Å². The molecule has 2 fully saturated rings. The molecule has 0 spiro atoms. The summed E-state index contributed by atoms with van der Waals surface area (Å²) in [5.41, 5.74) is 1.24. The number of carbonyl (C=O) groups is 1. The molecule has 5 heteroatoms. The number of hydrogen-bond donors (Lipinski definition) is 0. The molecule has 2 aliphatic heterocycles. The lowest BCUT2D eigenvalue weighted by Crippen LogP contribution is -2.43. The summed E-state index contributed by atoms with van der Waals surface area (Å²) in [7, 11) is 0. The molecule has 1 aromatic rings. The van der Waals surface area contributed by atoms with Gasteiger partial charge in [-0.2, -0.15) is 0 Å². The van der Waals surface area contributed by atoms with E-state index in [1.807, 2.05) is 6.07 Å². The van der Waals surface area contributed by atoms with Gasteiger partial charge < -0.3 is 14.4 Å². The molecule has 0 radical (unpaired) electrons. The second-order valence-corrected chi connectivity index (χ2v) is 6.06. The molecule has 2 heterocycles. The van der Waals surface area contributed by atoms with E-state index in [-0.39, 0.29) is 18.3 Å². The standard InChI is InChI=1S/C17H24N2O3/c1-14-12-18(8-5-9-19-10-11-21-17(19)20)13-16(22-14)15-6-3-2-4-7-15/h2-4,6-7,14,16H,5,8-13H2,1H3/t14-,16+/m0/s1. The fourth-order valence-electron chi connectivity index (χ4n) is 3.19. The van der Waals surface area contributed by atoms with Gasteiger partial charge in [0.15, 0.2) is 0 Å². The van der Waals surface area contributed by atoms with Crippen molar-refractivity contribution in [2.75, 3.05) is 39.3 Å². The number of benzene rings is 1. The lowest BCUT2D eigenvalue weighted by atomic mass is 10.1. The Bertz CT molecular complexity index is 494. The van der Waals surface area contributed by atoms with Crippen LogP contribution >= 0.6 is 0 Å². The molecule has 5 nitrogen and oxygen atoms in total. The van der Waals surface area contributed by atoms with Gasteiger partial charge in [-0.05, 0) is 18.9 Å². The van der Waals surface area contributed by atoms with Crippen LogP contribution in [-0.2, 0) is 9.47 Å². The minimum absolute atomic E-state index is 0.140. The number of ether oxygens (including phenoxy) is 2. The molecule has 120 valence electrons. The average Bonchev–Trinajstić information content (AvgIpc) is 2.93. The van der Waals surface area contributed by atoms with E-state index in [1.54, 1.807) is 4.90 Å². The molecule has 0 saturated carbocycles. The van der Waals surface area contributed by atoms with Gasteiger partial charge in [-0.1, -0.05) is 30.3 Å². The smallest absolute Gasteiger partial charge is 0.409 e. The molecule has 1 amide bonds. The number of morpholine rings is 1. The first-order valence-electron chi connectivity index (χ1n) is 8.07. The molecule has 2 aliphatic rings. The van der Waals surface area contributed by atoms with Gasteiger partial charge in [0.25, 0.3) is 0 Å². The van der Waals surface area contributed by atoms with Gasteiger partial charge >= 0.3 is 6.09 Å². The maximum Gasteiger partial charge on any atom is 0.409 e. The quantitative estimate of drug-likeness (QED) is 0.837. The van der Waals surface area contributed by atoms with Crippen LogP contribution in [0.4, 0.5) is 4.79 Å². The van der Waals surface area contributed by atoms with Gasteiger partial charge in [-0.3, -0.25) is 4.90 Å². The Hall–Kier alpha value is -1.59. The summed E-state index contributed by atoms with van der Waals surface area (Å²) in [4.78, 5) is 15.6. The highest BCUT2D eigenvalue weighted by atomic mass is 16.6.